The molecule has 1 aliphatic rings. The van der Waals surface area contributed by atoms with Gasteiger partial charge < -0.3 is 15.1 Å². The van der Waals surface area contributed by atoms with Gasteiger partial charge in [0.05, 0.1) is 11.7 Å². The van der Waals surface area contributed by atoms with Gasteiger partial charge in [-0.1, -0.05) is 49.9 Å². The van der Waals surface area contributed by atoms with Crippen LogP contribution in [-0.2, 0) is 22.7 Å². The summed E-state index contributed by atoms with van der Waals surface area (Å²) >= 11 is 1.20. The van der Waals surface area contributed by atoms with Crippen molar-refractivity contribution < 1.29 is 31.9 Å². The van der Waals surface area contributed by atoms with Gasteiger partial charge in [0.1, 0.15) is 5.82 Å². The number of benzene rings is 2. The van der Waals surface area contributed by atoms with E-state index in [1.165, 1.54) is 23.9 Å². The van der Waals surface area contributed by atoms with Crippen LogP contribution in [0.4, 0.5) is 17.6 Å². The third-order valence-electron chi connectivity index (χ3n) is 7.04. The van der Waals surface area contributed by atoms with E-state index in [0.717, 1.165) is 63.0 Å². The zero-order chi connectivity index (χ0) is 26.9. The monoisotopic (exact) mass is 561 g/mol. The predicted molar refractivity (Wildman–Crippen MR) is 140 cm³/mol. The van der Waals surface area contributed by atoms with Gasteiger partial charge in [-0.2, -0.15) is 13.2 Å². The molecule has 0 aliphatic heterocycles. The van der Waals surface area contributed by atoms with Gasteiger partial charge in [0.15, 0.2) is 0 Å². The number of nitrogens with one attached hydrogen (secondary N) is 1. The maximum atomic E-state index is 14.6. The Kier molecular flexibility index (Phi) is 11.1. The van der Waals surface area contributed by atoms with Crippen molar-refractivity contribution >= 4 is 19.4 Å². The minimum absolute atomic E-state index is 0.162. The lowest BCUT2D eigenvalue weighted by molar-refractivity contribution is -0.139. The summed E-state index contributed by atoms with van der Waals surface area (Å²) in [7, 11) is -4.07. The number of unbranched alkanes of at least 4 members (excludes halogenated alkanes) is 1. The minimum Gasteiger partial charge on any atom is -0.324 e. The molecule has 0 saturated heterocycles. The largest absolute Gasteiger partial charge is 0.417 e. The van der Waals surface area contributed by atoms with E-state index in [1.807, 2.05) is 12.1 Å². The molecule has 2 aromatic carbocycles. The van der Waals surface area contributed by atoms with Crippen molar-refractivity contribution in [2.75, 3.05) is 18.5 Å². The van der Waals surface area contributed by atoms with Gasteiger partial charge >= 0.3 is 13.8 Å². The Bertz CT molecular complexity index is 1050. The molecule has 0 radical (unpaired) electrons. The molecule has 10 heteroatoms. The number of halogens is 4. The van der Waals surface area contributed by atoms with E-state index in [-0.39, 0.29) is 35.3 Å². The molecule has 3 rings (SSSR count). The number of alkyl halides is 3. The molecule has 1 aliphatic carbocycles. The van der Waals surface area contributed by atoms with E-state index < -0.39 is 19.3 Å². The number of thioether (sulfide) groups is 1. The van der Waals surface area contributed by atoms with Crippen LogP contribution in [0.25, 0.3) is 0 Å². The van der Waals surface area contributed by atoms with Crippen LogP contribution in [0.3, 0.4) is 0 Å². The molecular formula is C27H36F4NO3PS. The Morgan fingerprint density at radius 2 is 1.73 bits per heavy atom. The Morgan fingerprint density at radius 3 is 2.41 bits per heavy atom. The van der Waals surface area contributed by atoms with E-state index in [1.54, 1.807) is 12.1 Å². The van der Waals surface area contributed by atoms with Gasteiger partial charge in [-0.25, -0.2) is 4.39 Å². The third-order valence-corrected chi connectivity index (χ3v) is 9.10. The molecule has 0 atom stereocenters. The van der Waals surface area contributed by atoms with Crippen LogP contribution in [0.1, 0.15) is 74.5 Å². The van der Waals surface area contributed by atoms with Crippen LogP contribution in [0, 0.1) is 5.82 Å². The molecule has 0 unspecified atom stereocenters. The molecule has 1 saturated carbocycles. The standard InChI is InChI=1S/C27H36F4NO3PS/c28-24-10-3-2-9-22(24)26(13-4-1-5-14-26)15-6-7-18-37-25-12-11-21(19-23(25)27(29,30)31)20-32-16-8-17-36(33,34)35/h2-3,9-12,19,32H,1,4-8,13-18,20H2,(H2,33,34,35). The highest BCUT2D eigenvalue weighted by atomic mass is 32.2. The quantitative estimate of drug-likeness (QED) is 0.101. The lowest BCUT2D eigenvalue weighted by atomic mass is 9.66. The minimum atomic E-state index is -4.48. The van der Waals surface area contributed by atoms with Crippen molar-refractivity contribution in [3.8, 4) is 0 Å². The highest BCUT2D eigenvalue weighted by Gasteiger charge is 2.36. The lowest BCUT2D eigenvalue weighted by Crippen LogP contribution is -2.30. The predicted octanol–water partition coefficient (Wildman–Crippen LogP) is 7.67. The summed E-state index contributed by atoms with van der Waals surface area (Å²) in [5.74, 6) is 0.390. The molecule has 0 amide bonds. The highest BCUT2D eigenvalue weighted by Crippen LogP contribution is 2.44. The van der Waals surface area contributed by atoms with Gasteiger partial charge in [-0.05, 0) is 79.1 Å². The maximum Gasteiger partial charge on any atom is 0.417 e. The van der Waals surface area contributed by atoms with Crippen LogP contribution < -0.4 is 5.32 Å². The first kappa shape index (κ1) is 30.2. The fourth-order valence-electron chi connectivity index (χ4n) is 5.20. The van der Waals surface area contributed by atoms with Crippen LogP contribution in [-0.4, -0.2) is 28.2 Å². The van der Waals surface area contributed by atoms with Crippen molar-refractivity contribution in [1.29, 1.82) is 0 Å². The zero-order valence-electron chi connectivity index (χ0n) is 20.9. The summed E-state index contributed by atoms with van der Waals surface area (Å²) in [6, 6.07) is 11.3. The maximum absolute atomic E-state index is 14.6. The molecule has 4 nitrogen and oxygen atoms in total. The number of hydrogen-bond donors (Lipinski definition) is 3. The smallest absolute Gasteiger partial charge is 0.324 e. The molecule has 0 bridgehead atoms. The number of rotatable bonds is 13. The van der Waals surface area contributed by atoms with Crippen molar-refractivity contribution in [2.24, 2.45) is 0 Å². The first-order valence-corrected chi connectivity index (χ1v) is 15.6. The van der Waals surface area contributed by atoms with E-state index in [9.17, 15) is 22.1 Å². The van der Waals surface area contributed by atoms with E-state index >= 15 is 0 Å². The van der Waals surface area contributed by atoms with Gasteiger partial charge in [0.2, 0.25) is 0 Å². The second-order valence-corrected chi connectivity index (χ2v) is 12.8. The number of hydrogen-bond acceptors (Lipinski definition) is 3. The SMILES string of the molecule is O=P(O)(O)CCCNCc1ccc(SCCCCC2(c3ccccc3F)CCCCC2)c(C(F)(F)F)c1. The van der Waals surface area contributed by atoms with Gasteiger partial charge in [0.25, 0.3) is 0 Å². The molecule has 2 aromatic rings. The second-order valence-electron chi connectivity index (χ2n) is 9.87. The molecule has 0 aromatic heterocycles. The zero-order valence-corrected chi connectivity index (χ0v) is 22.6. The average Bonchev–Trinajstić information content (AvgIpc) is 2.83. The normalized spacial score (nSPS) is 16.2. The molecule has 3 N–H and O–H groups in total. The second kappa shape index (κ2) is 13.6. The lowest BCUT2D eigenvalue weighted by Gasteiger charge is -2.38. The van der Waals surface area contributed by atoms with Gasteiger partial charge in [-0.3, -0.25) is 4.57 Å². The van der Waals surface area contributed by atoms with Crippen LogP contribution in [0.15, 0.2) is 47.4 Å². The molecule has 0 spiro atoms. The summed E-state index contributed by atoms with van der Waals surface area (Å²) in [5, 5.41) is 2.94. The van der Waals surface area contributed by atoms with Gasteiger partial charge in [0, 0.05) is 11.4 Å². The van der Waals surface area contributed by atoms with Crippen molar-refractivity contribution in [3.05, 3.63) is 65.0 Å². The topological polar surface area (TPSA) is 69.6 Å². The summed E-state index contributed by atoms with van der Waals surface area (Å²) < 4.78 is 66.7. The summed E-state index contributed by atoms with van der Waals surface area (Å²) in [5.41, 5.74) is 0.414. The molecular weight excluding hydrogens is 525 g/mol. The summed E-state index contributed by atoms with van der Waals surface area (Å²) in [6.07, 6.45) is 3.13. The fourth-order valence-corrected chi connectivity index (χ4v) is 6.83. The Morgan fingerprint density at radius 1 is 1.00 bits per heavy atom. The Labute approximate surface area is 220 Å². The van der Waals surface area contributed by atoms with Crippen LogP contribution >= 0.6 is 19.4 Å². The van der Waals surface area contributed by atoms with Crippen LogP contribution in [0.5, 0.6) is 0 Å². The van der Waals surface area contributed by atoms with Crippen LogP contribution in [0.2, 0.25) is 0 Å². The van der Waals surface area contributed by atoms with E-state index in [4.69, 9.17) is 9.79 Å². The highest BCUT2D eigenvalue weighted by molar-refractivity contribution is 7.99. The van der Waals surface area contributed by atoms with Gasteiger partial charge in [-0.15, -0.1) is 11.8 Å². The average molecular weight is 562 g/mol. The summed E-state index contributed by atoms with van der Waals surface area (Å²) in [4.78, 5) is 17.9. The molecule has 0 heterocycles. The summed E-state index contributed by atoms with van der Waals surface area (Å²) in [6.45, 7) is 0.491. The van der Waals surface area contributed by atoms with Crippen molar-refractivity contribution in [3.63, 3.8) is 0 Å². The first-order valence-electron chi connectivity index (χ1n) is 12.8. The van der Waals surface area contributed by atoms with Crippen molar-refractivity contribution in [1.82, 2.24) is 5.32 Å². The molecule has 1 fully saturated rings. The Hall–Kier alpha value is -1.38. The first-order chi connectivity index (χ1) is 17.5. The van der Waals surface area contributed by atoms with Crippen molar-refractivity contribution in [2.45, 2.75) is 80.8 Å². The molecule has 206 valence electrons. The van der Waals surface area contributed by atoms with E-state index in [0.29, 0.717) is 17.9 Å². The van der Waals surface area contributed by atoms with E-state index in [2.05, 4.69) is 5.32 Å². The third kappa shape index (κ3) is 9.39. The Balaban J connectivity index is 1.54. The molecule has 37 heavy (non-hydrogen) atoms. The fraction of sp³-hybridized carbons (Fsp3) is 0.556.